The van der Waals surface area contributed by atoms with Crippen LogP contribution in [0.15, 0.2) is 0 Å². The van der Waals surface area contributed by atoms with Crippen molar-refractivity contribution in [2.45, 2.75) is 26.7 Å². The van der Waals surface area contributed by atoms with Crippen LogP contribution in [0.3, 0.4) is 0 Å². The molecule has 1 aliphatic rings. The van der Waals surface area contributed by atoms with Crippen LogP contribution in [0.5, 0.6) is 0 Å². The molecule has 1 fully saturated rings. The highest BCUT2D eigenvalue weighted by molar-refractivity contribution is 5.85. The average Bonchev–Trinajstić information content (AvgIpc) is 2.37. The standard InChI is InChI=1S/C13H24N2O3/c1-11(2)12(16)3-4-13(17)14-5-6-15-7-9-18-10-8-15/h11H,3-10H2,1-2H3,(H,14,17). The molecule has 1 rings (SSSR count). The van der Waals surface area contributed by atoms with Gasteiger partial charge >= 0.3 is 0 Å². The minimum atomic E-state index is -0.0303. The van der Waals surface area contributed by atoms with E-state index in [4.69, 9.17) is 4.74 Å². The number of morpholine rings is 1. The van der Waals surface area contributed by atoms with Gasteiger partial charge in [0.05, 0.1) is 13.2 Å². The molecule has 0 radical (unpaired) electrons. The zero-order valence-corrected chi connectivity index (χ0v) is 11.4. The Kier molecular flexibility index (Phi) is 6.90. The molecule has 18 heavy (non-hydrogen) atoms. The van der Waals surface area contributed by atoms with Crippen molar-refractivity contribution in [2.24, 2.45) is 5.92 Å². The number of amides is 1. The van der Waals surface area contributed by atoms with Crippen LogP contribution in [-0.4, -0.2) is 56.0 Å². The Morgan fingerprint density at radius 3 is 2.50 bits per heavy atom. The summed E-state index contributed by atoms with van der Waals surface area (Å²) in [4.78, 5) is 25.1. The highest BCUT2D eigenvalue weighted by Crippen LogP contribution is 2.01. The van der Waals surface area contributed by atoms with Gasteiger partial charge in [0.25, 0.3) is 0 Å². The molecule has 0 aromatic carbocycles. The van der Waals surface area contributed by atoms with E-state index in [1.54, 1.807) is 0 Å². The highest BCUT2D eigenvalue weighted by atomic mass is 16.5. The minimum absolute atomic E-state index is 0.0196. The summed E-state index contributed by atoms with van der Waals surface area (Å²) in [6, 6.07) is 0. The number of ether oxygens (including phenoxy) is 1. The van der Waals surface area contributed by atoms with Crippen molar-refractivity contribution in [2.75, 3.05) is 39.4 Å². The molecule has 0 saturated carbocycles. The first-order valence-corrected chi connectivity index (χ1v) is 6.69. The number of hydrogen-bond acceptors (Lipinski definition) is 4. The van der Waals surface area contributed by atoms with Crippen molar-refractivity contribution in [3.05, 3.63) is 0 Å². The molecule has 0 atom stereocenters. The van der Waals surface area contributed by atoms with Crippen LogP contribution in [-0.2, 0) is 14.3 Å². The number of Topliss-reactive ketones (excluding diaryl/α,β-unsaturated/α-hetero) is 1. The van der Waals surface area contributed by atoms with E-state index in [0.717, 1.165) is 32.8 Å². The van der Waals surface area contributed by atoms with Crippen LogP contribution in [0.1, 0.15) is 26.7 Å². The van der Waals surface area contributed by atoms with Crippen LogP contribution in [0.2, 0.25) is 0 Å². The number of carbonyl (C=O) groups is 2. The zero-order valence-electron chi connectivity index (χ0n) is 11.4. The molecule has 0 aliphatic carbocycles. The average molecular weight is 256 g/mol. The summed E-state index contributed by atoms with van der Waals surface area (Å²) in [5.41, 5.74) is 0. The molecular weight excluding hydrogens is 232 g/mol. The van der Waals surface area contributed by atoms with E-state index in [-0.39, 0.29) is 17.6 Å². The van der Waals surface area contributed by atoms with Gasteiger partial charge < -0.3 is 10.1 Å². The Morgan fingerprint density at radius 2 is 1.89 bits per heavy atom. The molecule has 104 valence electrons. The van der Waals surface area contributed by atoms with Gasteiger partial charge in [0.1, 0.15) is 5.78 Å². The molecule has 1 heterocycles. The first-order chi connectivity index (χ1) is 8.59. The smallest absolute Gasteiger partial charge is 0.220 e. The van der Waals surface area contributed by atoms with E-state index < -0.39 is 0 Å². The van der Waals surface area contributed by atoms with Crippen molar-refractivity contribution < 1.29 is 14.3 Å². The molecular formula is C13H24N2O3. The van der Waals surface area contributed by atoms with Crippen LogP contribution in [0.4, 0.5) is 0 Å². The Balaban J connectivity index is 2.04. The molecule has 1 N–H and O–H groups in total. The van der Waals surface area contributed by atoms with Gasteiger partial charge in [0.2, 0.25) is 5.91 Å². The number of nitrogens with zero attached hydrogens (tertiary/aromatic N) is 1. The quantitative estimate of drug-likeness (QED) is 0.718. The molecule has 0 aromatic heterocycles. The van der Waals surface area contributed by atoms with Crippen molar-refractivity contribution in [3.8, 4) is 0 Å². The van der Waals surface area contributed by atoms with Gasteiger partial charge in [0, 0.05) is 44.9 Å². The molecule has 0 aromatic rings. The lowest BCUT2D eigenvalue weighted by molar-refractivity contribution is -0.126. The van der Waals surface area contributed by atoms with Crippen molar-refractivity contribution in [1.29, 1.82) is 0 Å². The number of ketones is 1. The van der Waals surface area contributed by atoms with Crippen molar-refractivity contribution in [1.82, 2.24) is 10.2 Å². The van der Waals surface area contributed by atoms with Crippen molar-refractivity contribution in [3.63, 3.8) is 0 Å². The minimum Gasteiger partial charge on any atom is -0.379 e. The van der Waals surface area contributed by atoms with Crippen molar-refractivity contribution >= 4 is 11.7 Å². The Labute approximate surface area is 109 Å². The second-order valence-electron chi connectivity index (χ2n) is 4.92. The maximum Gasteiger partial charge on any atom is 0.220 e. The summed E-state index contributed by atoms with van der Waals surface area (Å²) < 4.78 is 5.25. The lowest BCUT2D eigenvalue weighted by atomic mass is 10.0. The summed E-state index contributed by atoms with van der Waals surface area (Å²) in [5, 5.41) is 2.85. The highest BCUT2D eigenvalue weighted by Gasteiger charge is 2.12. The molecule has 0 spiro atoms. The third-order valence-electron chi connectivity index (χ3n) is 3.10. The monoisotopic (exact) mass is 256 g/mol. The van der Waals surface area contributed by atoms with E-state index in [1.807, 2.05) is 13.8 Å². The second-order valence-corrected chi connectivity index (χ2v) is 4.92. The Morgan fingerprint density at radius 1 is 1.22 bits per heavy atom. The summed E-state index contributed by atoms with van der Waals surface area (Å²) in [7, 11) is 0. The lowest BCUT2D eigenvalue weighted by Gasteiger charge is -2.26. The number of carbonyl (C=O) groups excluding carboxylic acids is 2. The number of nitrogens with one attached hydrogen (secondary N) is 1. The van der Waals surface area contributed by atoms with E-state index in [0.29, 0.717) is 19.4 Å². The predicted octanol–water partition coefficient (Wildman–Crippen LogP) is 0.440. The van der Waals surface area contributed by atoms with E-state index in [9.17, 15) is 9.59 Å². The lowest BCUT2D eigenvalue weighted by Crippen LogP contribution is -2.41. The SMILES string of the molecule is CC(C)C(=O)CCC(=O)NCCN1CCOCC1. The molecule has 1 amide bonds. The summed E-state index contributed by atoms with van der Waals surface area (Å²) in [5.74, 6) is 0.140. The third kappa shape index (κ3) is 6.12. The normalized spacial score (nSPS) is 16.8. The summed E-state index contributed by atoms with van der Waals surface area (Å²) >= 11 is 0. The summed E-state index contributed by atoms with van der Waals surface area (Å²) in [6.45, 7) is 8.64. The Bertz CT molecular complexity index is 273. The predicted molar refractivity (Wildman–Crippen MR) is 69.3 cm³/mol. The van der Waals surface area contributed by atoms with Gasteiger partial charge in [-0.1, -0.05) is 13.8 Å². The topological polar surface area (TPSA) is 58.6 Å². The van der Waals surface area contributed by atoms with E-state index in [2.05, 4.69) is 10.2 Å². The maximum absolute atomic E-state index is 11.5. The molecule has 5 nitrogen and oxygen atoms in total. The largest absolute Gasteiger partial charge is 0.379 e. The fraction of sp³-hybridized carbons (Fsp3) is 0.846. The van der Waals surface area contributed by atoms with E-state index >= 15 is 0 Å². The first kappa shape index (κ1) is 15.1. The fourth-order valence-corrected chi connectivity index (χ4v) is 1.79. The van der Waals surface area contributed by atoms with Gasteiger partial charge in [-0.05, 0) is 0 Å². The van der Waals surface area contributed by atoms with Gasteiger partial charge in [-0.15, -0.1) is 0 Å². The Hall–Kier alpha value is -0.940. The van der Waals surface area contributed by atoms with Crippen LogP contribution in [0.25, 0.3) is 0 Å². The van der Waals surface area contributed by atoms with Crippen LogP contribution < -0.4 is 5.32 Å². The first-order valence-electron chi connectivity index (χ1n) is 6.69. The molecule has 1 saturated heterocycles. The second kappa shape index (κ2) is 8.21. The third-order valence-corrected chi connectivity index (χ3v) is 3.10. The van der Waals surface area contributed by atoms with Gasteiger partial charge in [-0.3, -0.25) is 14.5 Å². The van der Waals surface area contributed by atoms with Gasteiger partial charge in [-0.25, -0.2) is 0 Å². The van der Waals surface area contributed by atoms with Gasteiger partial charge in [0.15, 0.2) is 0 Å². The van der Waals surface area contributed by atoms with E-state index in [1.165, 1.54) is 0 Å². The summed E-state index contributed by atoms with van der Waals surface area (Å²) in [6.07, 6.45) is 0.654. The molecule has 0 bridgehead atoms. The van der Waals surface area contributed by atoms with Crippen LogP contribution >= 0.6 is 0 Å². The van der Waals surface area contributed by atoms with Gasteiger partial charge in [-0.2, -0.15) is 0 Å². The molecule has 5 heteroatoms. The maximum atomic E-state index is 11.5. The number of hydrogen-bond donors (Lipinski definition) is 1. The molecule has 1 aliphatic heterocycles. The van der Waals surface area contributed by atoms with Crippen LogP contribution in [0, 0.1) is 5.92 Å². The molecule has 0 unspecified atom stereocenters. The number of rotatable bonds is 7. The zero-order chi connectivity index (χ0) is 13.4. The fourth-order valence-electron chi connectivity index (χ4n) is 1.79.